The van der Waals surface area contributed by atoms with E-state index in [0.717, 1.165) is 59.2 Å². The van der Waals surface area contributed by atoms with Crippen molar-refractivity contribution in [1.29, 1.82) is 0 Å². The third kappa shape index (κ3) is 3.88. The Bertz CT molecular complexity index is 387. The first-order valence-corrected chi connectivity index (χ1v) is 11.4. The van der Waals surface area contributed by atoms with E-state index in [2.05, 4.69) is 41.5 Å². The van der Waals surface area contributed by atoms with Gasteiger partial charge in [-0.2, -0.15) is 0 Å². The average molecular weight is 333 g/mol. The Kier molecular flexibility index (Phi) is 6.03. The lowest BCUT2D eigenvalue weighted by atomic mass is 9.58. The molecule has 0 aromatic heterocycles. The number of hydrogen-bond donors (Lipinski definition) is 0. The summed E-state index contributed by atoms with van der Waals surface area (Å²) in [7, 11) is 0. The fourth-order valence-electron chi connectivity index (χ4n) is 7.33. The SMILES string of the molecule is CC1CCC(C2CCC(C3CC(C)C(C)C(C)C3)C(C)C2)C(C)C1. The highest BCUT2D eigenvalue weighted by molar-refractivity contribution is 4.91. The zero-order valence-corrected chi connectivity index (χ0v) is 17.4. The van der Waals surface area contributed by atoms with Gasteiger partial charge in [0, 0.05) is 0 Å². The van der Waals surface area contributed by atoms with Gasteiger partial charge in [0.2, 0.25) is 0 Å². The lowest BCUT2D eigenvalue weighted by Crippen LogP contribution is -2.39. The summed E-state index contributed by atoms with van der Waals surface area (Å²) in [6, 6.07) is 0. The van der Waals surface area contributed by atoms with Crippen LogP contribution in [0.4, 0.5) is 0 Å². The maximum absolute atomic E-state index is 2.61. The molecule has 0 amide bonds. The Hall–Kier alpha value is 0. The summed E-state index contributed by atoms with van der Waals surface area (Å²) < 4.78 is 0. The van der Waals surface area contributed by atoms with E-state index in [0.29, 0.717) is 0 Å². The molecule has 0 bridgehead atoms. The van der Waals surface area contributed by atoms with Gasteiger partial charge in [-0.3, -0.25) is 0 Å². The molecule has 0 heteroatoms. The van der Waals surface area contributed by atoms with Crippen LogP contribution in [0.25, 0.3) is 0 Å². The molecule has 3 fully saturated rings. The van der Waals surface area contributed by atoms with Crippen molar-refractivity contribution < 1.29 is 0 Å². The second-order valence-corrected chi connectivity index (χ2v) is 10.8. The van der Waals surface area contributed by atoms with Crippen molar-refractivity contribution in [2.45, 2.75) is 92.9 Å². The van der Waals surface area contributed by atoms with E-state index < -0.39 is 0 Å². The van der Waals surface area contributed by atoms with Crippen molar-refractivity contribution in [2.24, 2.45) is 59.2 Å². The zero-order chi connectivity index (χ0) is 17.4. The maximum Gasteiger partial charge on any atom is -0.0360 e. The molecule has 0 heterocycles. The van der Waals surface area contributed by atoms with Crippen LogP contribution in [0.5, 0.6) is 0 Å². The minimum Gasteiger partial charge on any atom is -0.0625 e. The van der Waals surface area contributed by atoms with E-state index >= 15 is 0 Å². The van der Waals surface area contributed by atoms with Gasteiger partial charge in [0.05, 0.1) is 0 Å². The van der Waals surface area contributed by atoms with Crippen LogP contribution in [0.3, 0.4) is 0 Å². The Balaban J connectivity index is 1.57. The fraction of sp³-hybridized carbons (Fsp3) is 1.00. The molecule has 3 aliphatic carbocycles. The Labute approximate surface area is 152 Å². The minimum atomic E-state index is 0.943. The second kappa shape index (κ2) is 7.71. The van der Waals surface area contributed by atoms with Gasteiger partial charge in [0.1, 0.15) is 0 Å². The quantitative estimate of drug-likeness (QED) is 0.493. The summed E-state index contributed by atoms with van der Waals surface area (Å²) in [5.41, 5.74) is 0. The van der Waals surface area contributed by atoms with E-state index in [1.165, 1.54) is 32.1 Å². The van der Waals surface area contributed by atoms with Gasteiger partial charge in [-0.1, -0.05) is 48.0 Å². The molecule has 8 unspecified atom stereocenters. The van der Waals surface area contributed by atoms with Crippen LogP contribution in [0.15, 0.2) is 0 Å². The van der Waals surface area contributed by atoms with E-state index in [4.69, 9.17) is 0 Å². The van der Waals surface area contributed by atoms with E-state index in [1.807, 2.05) is 0 Å². The summed E-state index contributed by atoms with van der Waals surface area (Å²) in [6.07, 6.45) is 12.2. The maximum atomic E-state index is 2.61. The lowest BCUT2D eigenvalue weighted by molar-refractivity contribution is 0.0231. The number of rotatable bonds is 2. The van der Waals surface area contributed by atoms with Crippen LogP contribution in [0.1, 0.15) is 92.9 Å². The van der Waals surface area contributed by atoms with Gasteiger partial charge in [0.15, 0.2) is 0 Å². The van der Waals surface area contributed by atoms with E-state index in [9.17, 15) is 0 Å². The molecule has 24 heavy (non-hydrogen) atoms. The largest absolute Gasteiger partial charge is 0.0625 e. The van der Waals surface area contributed by atoms with Crippen LogP contribution >= 0.6 is 0 Å². The van der Waals surface area contributed by atoms with Crippen LogP contribution in [-0.2, 0) is 0 Å². The number of hydrogen-bond acceptors (Lipinski definition) is 0. The van der Waals surface area contributed by atoms with Crippen molar-refractivity contribution in [2.75, 3.05) is 0 Å². The van der Waals surface area contributed by atoms with E-state index in [-0.39, 0.29) is 0 Å². The first kappa shape index (κ1) is 18.8. The van der Waals surface area contributed by atoms with Crippen LogP contribution in [0, 0.1) is 59.2 Å². The molecule has 0 nitrogen and oxygen atoms in total. The van der Waals surface area contributed by atoms with Crippen molar-refractivity contribution >= 4 is 0 Å². The van der Waals surface area contributed by atoms with Crippen LogP contribution in [0.2, 0.25) is 0 Å². The predicted octanol–water partition coefficient (Wildman–Crippen LogP) is 7.43. The highest BCUT2D eigenvalue weighted by Gasteiger charge is 2.41. The first-order chi connectivity index (χ1) is 11.4. The molecule has 0 aromatic carbocycles. The standard InChI is InChI=1S/C24H44/c1-15-7-9-23(18(4)11-15)21-8-10-24(19(5)14-21)22-12-16(2)20(6)17(3)13-22/h15-24H,7-14H2,1-6H3. The molecule has 0 saturated heterocycles. The highest BCUT2D eigenvalue weighted by Crippen LogP contribution is 2.51. The molecular formula is C24H44. The molecule has 0 radical (unpaired) electrons. The van der Waals surface area contributed by atoms with Crippen molar-refractivity contribution in [3.63, 3.8) is 0 Å². The van der Waals surface area contributed by atoms with Gasteiger partial charge < -0.3 is 0 Å². The fourth-order valence-corrected chi connectivity index (χ4v) is 7.33. The third-order valence-electron chi connectivity index (χ3n) is 9.13. The molecule has 0 aliphatic heterocycles. The summed E-state index contributed by atoms with van der Waals surface area (Å²) in [6.45, 7) is 15.2. The Morgan fingerprint density at radius 2 is 0.958 bits per heavy atom. The second-order valence-electron chi connectivity index (χ2n) is 10.8. The van der Waals surface area contributed by atoms with Crippen LogP contribution < -0.4 is 0 Å². The zero-order valence-electron chi connectivity index (χ0n) is 17.4. The predicted molar refractivity (Wildman–Crippen MR) is 106 cm³/mol. The molecule has 0 spiro atoms. The lowest BCUT2D eigenvalue weighted by Gasteiger charge is -2.48. The normalized spacial score (nSPS) is 53.8. The summed E-state index contributed by atoms with van der Waals surface area (Å²) >= 11 is 0. The molecule has 3 rings (SSSR count). The minimum absolute atomic E-state index is 0.943. The Morgan fingerprint density at radius 1 is 0.458 bits per heavy atom. The topological polar surface area (TPSA) is 0 Å². The molecule has 0 N–H and O–H groups in total. The van der Waals surface area contributed by atoms with Gasteiger partial charge in [-0.25, -0.2) is 0 Å². The molecular weight excluding hydrogens is 288 g/mol. The van der Waals surface area contributed by atoms with Gasteiger partial charge in [-0.15, -0.1) is 0 Å². The molecule has 140 valence electrons. The van der Waals surface area contributed by atoms with Crippen LogP contribution in [-0.4, -0.2) is 0 Å². The monoisotopic (exact) mass is 332 g/mol. The summed E-state index contributed by atoms with van der Waals surface area (Å²) in [4.78, 5) is 0. The van der Waals surface area contributed by atoms with Crippen molar-refractivity contribution in [3.05, 3.63) is 0 Å². The Morgan fingerprint density at radius 3 is 1.54 bits per heavy atom. The van der Waals surface area contributed by atoms with Crippen molar-refractivity contribution in [3.8, 4) is 0 Å². The van der Waals surface area contributed by atoms with Gasteiger partial charge in [0.25, 0.3) is 0 Å². The first-order valence-electron chi connectivity index (χ1n) is 11.4. The summed E-state index contributed by atoms with van der Waals surface area (Å²) in [5, 5.41) is 0. The summed E-state index contributed by atoms with van der Waals surface area (Å²) in [5.74, 6) is 9.96. The van der Waals surface area contributed by atoms with Gasteiger partial charge in [-0.05, 0) is 104 Å². The molecule has 3 saturated carbocycles. The third-order valence-corrected chi connectivity index (χ3v) is 9.13. The average Bonchev–Trinajstić information content (AvgIpc) is 2.52. The van der Waals surface area contributed by atoms with Crippen molar-refractivity contribution in [1.82, 2.24) is 0 Å². The van der Waals surface area contributed by atoms with E-state index in [1.54, 1.807) is 19.3 Å². The molecule has 8 atom stereocenters. The molecule has 3 aliphatic rings. The van der Waals surface area contributed by atoms with Gasteiger partial charge >= 0.3 is 0 Å². The highest BCUT2D eigenvalue weighted by atomic mass is 14.5. The smallest absolute Gasteiger partial charge is 0.0360 e. The molecule has 0 aromatic rings.